The number of aliphatic hydroxyl groups is 1. The number of hydrogen-bond acceptors (Lipinski definition) is 6. The maximum absolute atomic E-state index is 12.2. The Morgan fingerprint density at radius 2 is 2.03 bits per heavy atom. The third kappa shape index (κ3) is 9.05. The van der Waals surface area contributed by atoms with Gasteiger partial charge in [0.25, 0.3) is 0 Å². The van der Waals surface area contributed by atoms with Gasteiger partial charge in [-0.1, -0.05) is 44.1 Å². The predicted molar refractivity (Wildman–Crippen MR) is 111 cm³/mol. The highest BCUT2D eigenvalue weighted by Crippen LogP contribution is 2.30. The number of allylic oxidation sites excluding steroid dienone is 4. The molecule has 0 bridgehead atoms. The Balaban J connectivity index is 2.78. The minimum atomic E-state index is -1.34. The van der Waals surface area contributed by atoms with Crippen molar-refractivity contribution in [2.45, 2.75) is 70.5 Å². The van der Waals surface area contributed by atoms with Gasteiger partial charge in [-0.3, -0.25) is 14.4 Å². The van der Waals surface area contributed by atoms with Crippen molar-refractivity contribution in [3.8, 4) is 0 Å². The van der Waals surface area contributed by atoms with Crippen LogP contribution in [0, 0.1) is 0 Å². The Kier molecular flexibility index (Phi) is 10.9. The van der Waals surface area contributed by atoms with Crippen molar-refractivity contribution in [1.29, 1.82) is 0 Å². The molecule has 160 valence electrons. The van der Waals surface area contributed by atoms with Gasteiger partial charge in [0.15, 0.2) is 5.78 Å². The third-order valence-electron chi connectivity index (χ3n) is 4.58. The van der Waals surface area contributed by atoms with E-state index >= 15 is 0 Å². The van der Waals surface area contributed by atoms with E-state index < -0.39 is 23.6 Å². The standard InChI is InChI=1S/C23H32O6/c1-4-5-6-7-8-9-16-23(27)17-15-21(25)20(23)12-10-11-19(29-18(2)24)13-14-22(26)28-3/h8-12,15,17,19,27H,4-7,13-14,16H2,1-3H3/b9-8?,11-10-,20-12+/t19?,23-/m1/s1. The molecule has 0 aromatic carbocycles. The molecule has 0 saturated carbocycles. The summed E-state index contributed by atoms with van der Waals surface area (Å²) >= 11 is 0. The van der Waals surface area contributed by atoms with Gasteiger partial charge in [0, 0.05) is 25.3 Å². The van der Waals surface area contributed by atoms with Crippen LogP contribution in [0.3, 0.4) is 0 Å². The smallest absolute Gasteiger partial charge is 0.305 e. The zero-order valence-electron chi connectivity index (χ0n) is 17.6. The molecule has 0 aromatic rings. The lowest BCUT2D eigenvalue weighted by Gasteiger charge is -2.20. The van der Waals surface area contributed by atoms with Crippen LogP contribution >= 0.6 is 0 Å². The van der Waals surface area contributed by atoms with Crippen LogP contribution < -0.4 is 0 Å². The summed E-state index contributed by atoms with van der Waals surface area (Å²) in [4.78, 5) is 34.7. The van der Waals surface area contributed by atoms with E-state index in [9.17, 15) is 19.5 Å². The SMILES string of the molecule is CCCCCC=CC[C@@]1(O)C=CC(=O)/C1=C\C=C/C(CCC(=O)OC)OC(C)=O. The van der Waals surface area contributed by atoms with Crippen LogP contribution in [0.4, 0.5) is 0 Å². The van der Waals surface area contributed by atoms with Gasteiger partial charge in [-0.15, -0.1) is 0 Å². The molecular formula is C23H32O6. The topological polar surface area (TPSA) is 89.9 Å². The fourth-order valence-corrected chi connectivity index (χ4v) is 2.95. The summed E-state index contributed by atoms with van der Waals surface area (Å²) < 4.78 is 9.76. The summed E-state index contributed by atoms with van der Waals surface area (Å²) in [5, 5.41) is 10.8. The second-order valence-corrected chi connectivity index (χ2v) is 7.02. The van der Waals surface area contributed by atoms with E-state index in [0.29, 0.717) is 6.42 Å². The lowest BCUT2D eigenvalue weighted by atomic mass is 9.92. The van der Waals surface area contributed by atoms with Gasteiger partial charge in [0.05, 0.1) is 7.11 Å². The van der Waals surface area contributed by atoms with Gasteiger partial charge in [-0.25, -0.2) is 0 Å². The van der Waals surface area contributed by atoms with Crippen LogP contribution in [0.5, 0.6) is 0 Å². The first-order valence-electron chi connectivity index (χ1n) is 10.1. The highest BCUT2D eigenvalue weighted by molar-refractivity contribution is 6.09. The molecule has 1 unspecified atom stereocenters. The Hall–Kier alpha value is -2.47. The van der Waals surface area contributed by atoms with Crippen molar-refractivity contribution < 1.29 is 29.0 Å². The normalized spacial score (nSPS) is 21.4. The van der Waals surface area contributed by atoms with Gasteiger partial charge < -0.3 is 14.6 Å². The van der Waals surface area contributed by atoms with Crippen molar-refractivity contribution in [2.75, 3.05) is 7.11 Å². The van der Waals surface area contributed by atoms with Crippen LogP contribution in [0.15, 0.2) is 48.1 Å². The van der Waals surface area contributed by atoms with Crippen LogP contribution in [0.2, 0.25) is 0 Å². The lowest BCUT2D eigenvalue weighted by Crippen LogP contribution is -2.27. The number of unbranched alkanes of at least 4 members (excludes halogenated alkanes) is 3. The Morgan fingerprint density at radius 3 is 2.69 bits per heavy atom. The van der Waals surface area contributed by atoms with E-state index in [1.807, 2.05) is 12.2 Å². The molecule has 0 radical (unpaired) electrons. The fourth-order valence-electron chi connectivity index (χ4n) is 2.95. The van der Waals surface area contributed by atoms with Crippen LogP contribution in [0.1, 0.15) is 58.8 Å². The number of rotatable bonds is 12. The van der Waals surface area contributed by atoms with E-state index in [1.165, 1.54) is 38.7 Å². The van der Waals surface area contributed by atoms with E-state index in [0.717, 1.165) is 19.3 Å². The summed E-state index contributed by atoms with van der Waals surface area (Å²) in [6, 6.07) is 0. The van der Waals surface area contributed by atoms with E-state index in [-0.39, 0.29) is 24.2 Å². The molecule has 1 aliphatic carbocycles. The largest absolute Gasteiger partial charge is 0.469 e. The monoisotopic (exact) mass is 404 g/mol. The minimum Gasteiger partial charge on any atom is -0.469 e. The Labute approximate surface area is 173 Å². The second-order valence-electron chi connectivity index (χ2n) is 7.02. The molecule has 29 heavy (non-hydrogen) atoms. The average Bonchev–Trinajstić information content (AvgIpc) is 2.96. The van der Waals surface area contributed by atoms with Crippen molar-refractivity contribution in [1.82, 2.24) is 0 Å². The molecule has 6 heteroatoms. The molecular weight excluding hydrogens is 372 g/mol. The molecule has 1 aliphatic rings. The third-order valence-corrected chi connectivity index (χ3v) is 4.58. The molecule has 6 nitrogen and oxygen atoms in total. The number of methoxy groups -OCH3 is 1. The molecule has 0 aliphatic heterocycles. The number of carbonyl (C=O) groups is 3. The summed E-state index contributed by atoms with van der Waals surface area (Å²) in [5.74, 6) is -1.13. The van der Waals surface area contributed by atoms with E-state index in [2.05, 4.69) is 11.7 Å². The number of ether oxygens (including phenoxy) is 2. The number of esters is 2. The van der Waals surface area contributed by atoms with Crippen LogP contribution in [0.25, 0.3) is 0 Å². The average molecular weight is 405 g/mol. The number of ketones is 1. The van der Waals surface area contributed by atoms with E-state index in [4.69, 9.17) is 4.74 Å². The molecule has 0 spiro atoms. The van der Waals surface area contributed by atoms with Gasteiger partial charge in [0.1, 0.15) is 11.7 Å². The van der Waals surface area contributed by atoms with Crippen molar-refractivity contribution in [3.63, 3.8) is 0 Å². The first-order chi connectivity index (χ1) is 13.8. The first kappa shape index (κ1) is 24.6. The Bertz CT molecular complexity index is 685. The zero-order valence-corrected chi connectivity index (χ0v) is 17.6. The van der Waals surface area contributed by atoms with E-state index in [1.54, 1.807) is 12.2 Å². The fraction of sp³-hybridized carbons (Fsp3) is 0.522. The van der Waals surface area contributed by atoms with Gasteiger partial charge in [-0.2, -0.15) is 0 Å². The molecule has 1 N–H and O–H groups in total. The number of hydrogen-bond donors (Lipinski definition) is 1. The van der Waals surface area contributed by atoms with Gasteiger partial charge in [-0.05, 0) is 37.5 Å². The second kappa shape index (κ2) is 12.9. The first-order valence-corrected chi connectivity index (χ1v) is 10.1. The van der Waals surface area contributed by atoms with Gasteiger partial charge in [0.2, 0.25) is 0 Å². The predicted octanol–water partition coefficient (Wildman–Crippen LogP) is 3.75. The summed E-state index contributed by atoms with van der Waals surface area (Å²) in [7, 11) is 1.29. The lowest BCUT2D eigenvalue weighted by molar-refractivity contribution is -0.147. The molecule has 0 heterocycles. The van der Waals surface area contributed by atoms with Crippen LogP contribution in [-0.2, 0) is 23.9 Å². The molecule has 0 saturated heterocycles. The summed E-state index contributed by atoms with van der Waals surface area (Å²) in [6.45, 7) is 3.43. The molecule has 0 aromatic heterocycles. The van der Waals surface area contributed by atoms with Gasteiger partial charge >= 0.3 is 11.9 Å². The van der Waals surface area contributed by atoms with Crippen LogP contribution in [-0.4, -0.2) is 41.6 Å². The molecule has 2 atom stereocenters. The van der Waals surface area contributed by atoms with Crippen molar-refractivity contribution in [3.05, 3.63) is 48.1 Å². The molecule has 1 rings (SSSR count). The summed E-state index contributed by atoms with van der Waals surface area (Å²) in [5.41, 5.74) is -1.08. The zero-order chi connectivity index (χ0) is 21.7. The maximum Gasteiger partial charge on any atom is 0.305 e. The minimum absolute atomic E-state index is 0.0998. The molecule has 0 amide bonds. The highest BCUT2D eigenvalue weighted by Gasteiger charge is 2.35. The highest BCUT2D eigenvalue weighted by atomic mass is 16.5. The molecule has 0 fully saturated rings. The quantitative estimate of drug-likeness (QED) is 0.231. The van der Waals surface area contributed by atoms with Crippen molar-refractivity contribution >= 4 is 17.7 Å². The maximum atomic E-state index is 12.2. The number of carbonyl (C=O) groups excluding carboxylic acids is 3. The summed E-state index contributed by atoms with van der Waals surface area (Å²) in [6.07, 6.45) is 15.9. The Morgan fingerprint density at radius 1 is 1.28 bits per heavy atom. The van der Waals surface area contributed by atoms with Crippen molar-refractivity contribution in [2.24, 2.45) is 0 Å².